The van der Waals surface area contributed by atoms with E-state index in [9.17, 15) is 18.0 Å². The largest absolute Gasteiger partial charge is 0.416 e. The van der Waals surface area contributed by atoms with E-state index in [4.69, 9.17) is 11.6 Å². The van der Waals surface area contributed by atoms with E-state index in [1.54, 1.807) is 0 Å². The summed E-state index contributed by atoms with van der Waals surface area (Å²) in [6.45, 7) is 1.73. The number of hydrogen-bond donors (Lipinski definition) is 1. The van der Waals surface area contributed by atoms with Crippen molar-refractivity contribution in [1.29, 1.82) is 0 Å². The lowest BCUT2D eigenvalue weighted by Gasteiger charge is -2.31. The van der Waals surface area contributed by atoms with Crippen molar-refractivity contribution in [2.45, 2.75) is 25.4 Å². The molecule has 0 bridgehead atoms. The van der Waals surface area contributed by atoms with Crippen molar-refractivity contribution in [2.24, 2.45) is 5.92 Å². The van der Waals surface area contributed by atoms with E-state index in [-0.39, 0.29) is 23.2 Å². The van der Waals surface area contributed by atoms with Crippen molar-refractivity contribution in [3.8, 4) is 0 Å². The van der Waals surface area contributed by atoms with E-state index >= 15 is 0 Å². The molecule has 3 nitrogen and oxygen atoms in total. The summed E-state index contributed by atoms with van der Waals surface area (Å²) in [5.41, 5.74) is 0.465. The Kier molecular flexibility index (Phi) is 6.62. The molecular weight excluding hydrogens is 389 g/mol. The molecule has 1 amide bonds. The maximum Gasteiger partial charge on any atom is 0.416 e. The van der Waals surface area contributed by atoms with E-state index in [0.717, 1.165) is 50.6 Å². The molecule has 1 aliphatic heterocycles. The lowest BCUT2D eigenvalue weighted by molar-refractivity contribution is -0.137. The van der Waals surface area contributed by atoms with E-state index in [0.29, 0.717) is 5.92 Å². The molecule has 0 saturated carbocycles. The average molecular weight is 411 g/mol. The van der Waals surface area contributed by atoms with Crippen molar-refractivity contribution in [3.63, 3.8) is 0 Å². The van der Waals surface area contributed by atoms with Gasteiger partial charge in [-0.2, -0.15) is 13.2 Å². The minimum Gasteiger partial charge on any atom is -0.324 e. The number of benzene rings is 2. The van der Waals surface area contributed by atoms with Gasteiger partial charge >= 0.3 is 6.18 Å². The predicted molar refractivity (Wildman–Crippen MR) is 104 cm³/mol. The molecule has 1 aliphatic rings. The topological polar surface area (TPSA) is 32.3 Å². The van der Waals surface area contributed by atoms with Crippen LogP contribution in [0.5, 0.6) is 0 Å². The normalized spacial score (nSPS) is 16.1. The second-order valence-corrected chi connectivity index (χ2v) is 7.56. The Bertz CT molecular complexity index is 803. The summed E-state index contributed by atoms with van der Waals surface area (Å²) in [6, 6.07) is 13.2. The number of nitrogens with zero attached hydrogens (tertiary/aromatic N) is 1. The third kappa shape index (κ3) is 5.72. The van der Waals surface area contributed by atoms with Crippen LogP contribution in [0.1, 0.15) is 24.0 Å². The van der Waals surface area contributed by atoms with Gasteiger partial charge in [0.05, 0.1) is 22.8 Å². The highest BCUT2D eigenvalue weighted by Gasteiger charge is 2.31. The Hall–Kier alpha value is -2.05. The molecule has 2 aromatic rings. The van der Waals surface area contributed by atoms with Gasteiger partial charge in [0.25, 0.3) is 0 Å². The number of alkyl halides is 3. The van der Waals surface area contributed by atoms with E-state index < -0.39 is 11.7 Å². The van der Waals surface area contributed by atoms with Crippen LogP contribution in [0.4, 0.5) is 18.9 Å². The Balaban J connectivity index is 1.50. The molecule has 1 heterocycles. The fourth-order valence-electron chi connectivity index (χ4n) is 3.49. The Morgan fingerprint density at radius 1 is 1.11 bits per heavy atom. The van der Waals surface area contributed by atoms with Crippen molar-refractivity contribution < 1.29 is 18.0 Å². The van der Waals surface area contributed by atoms with E-state index in [1.165, 1.54) is 5.56 Å². The first kappa shape index (κ1) is 20.7. The molecule has 7 heteroatoms. The summed E-state index contributed by atoms with van der Waals surface area (Å²) in [7, 11) is 0. The summed E-state index contributed by atoms with van der Waals surface area (Å²) >= 11 is 5.93. The van der Waals surface area contributed by atoms with Gasteiger partial charge < -0.3 is 5.32 Å². The molecule has 0 spiro atoms. The van der Waals surface area contributed by atoms with Crippen LogP contribution >= 0.6 is 11.6 Å². The average Bonchev–Trinajstić information content (AvgIpc) is 2.65. The fraction of sp³-hybridized carbons (Fsp3) is 0.381. The molecule has 28 heavy (non-hydrogen) atoms. The van der Waals surface area contributed by atoms with Crippen LogP contribution in [0, 0.1) is 5.92 Å². The first-order valence-corrected chi connectivity index (χ1v) is 9.62. The van der Waals surface area contributed by atoms with Gasteiger partial charge in [-0.1, -0.05) is 41.9 Å². The van der Waals surface area contributed by atoms with Crippen molar-refractivity contribution in [2.75, 3.05) is 25.0 Å². The summed E-state index contributed by atoms with van der Waals surface area (Å²) in [6.07, 6.45) is -1.47. The number of carbonyl (C=O) groups is 1. The van der Waals surface area contributed by atoms with Crippen LogP contribution in [0.15, 0.2) is 48.5 Å². The molecule has 0 unspecified atom stereocenters. The van der Waals surface area contributed by atoms with Crippen LogP contribution in [-0.2, 0) is 17.4 Å². The molecule has 1 fully saturated rings. The highest BCUT2D eigenvalue weighted by Crippen LogP contribution is 2.33. The number of piperidine rings is 1. The SMILES string of the molecule is O=C(CN1CCC(Cc2ccccc2)CC1)Nc1cc(C(F)(F)F)ccc1Cl. The van der Waals surface area contributed by atoms with Crippen LogP contribution in [0.2, 0.25) is 5.02 Å². The second kappa shape index (κ2) is 8.97. The maximum atomic E-state index is 12.8. The zero-order chi connectivity index (χ0) is 20.1. The number of amides is 1. The molecule has 0 aromatic heterocycles. The van der Waals surface area contributed by atoms with Gasteiger partial charge in [-0.05, 0) is 62.0 Å². The maximum absolute atomic E-state index is 12.8. The second-order valence-electron chi connectivity index (χ2n) is 7.15. The predicted octanol–water partition coefficient (Wildman–Crippen LogP) is 5.25. The molecular formula is C21H22ClF3N2O. The third-order valence-corrected chi connectivity index (χ3v) is 5.34. The van der Waals surface area contributed by atoms with Crippen molar-refractivity contribution in [1.82, 2.24) is 4.90 Å². The molecule has 0 radical (unpaired) electrons. The van der Waals surface area contributed by atoms with Gasteiger partial charge in [-0.15, -0.1) is 0 Å². The van der Waals surface area contributed by atoms with Gasteiger partial charge in [0, 0.05) is 0 Å². The van der Waals surface area contributed by atoms with Gasteiger partial charge in [0.15, 0.2) is 0 Å². The molecule has 0 aliphatic carbocycles. The number of likely N-dealkylation sites (tertiary alicyclic amines) is 1. The highest BCUT2D eigenvalue weighted by atomic mass is 35.5. The summed E-state index contributed by atoms with van der Waals surface area (Å²) < 4.78 is 38.5. The van der Waals surface area contributed by atoms with Crippen LogP contribution < -0.4 is 5.32 Å². The lowest BCUT2D eigenvalue weighted by atomic mass is 9.90. The summed E-state index contributed by atoms with van der Waals surface area (Å²) in [5.74, 6) is 0.224. The number of nitrogens with one attached hydrogen (secondary N) is 1. The van der Waals surface area contributed by atoms with E-state index in [1.807, 2.05) is 23.1 Å². The van der Waals surface area contributed by atoms with Crippen LogP contribution in [-0.4, -0.2) is 30.4 Å². The molecule has 150 valence electrons. The third-order valence-electron chi connectivity index (χ3n) is 5.01. The van der Waals surface area contributed by atoms with Crippen molar-refractivity contribution in [3.05, 3.63) is 64.7 Å². The zero-order valence-electron chi connectivity index (χ0n) is 15.3. The minimum atomic E-state index is -4.48. The molecule has 0 atom stereocenters. The standard InChI is InChI=1S/C21H22ClF3N2O/c22-18-7-6-17(21(23,24)25)13-19(18)26-20(28)14-27-10-8-16(9-11-27)12-15-4-2-1-3-5-15/h1-7,13,16H,8-12,14H2,(H,26,28). The number of halogens is 4. The number of carbonyl (C=O) groups excluding carboxylic acids is 1. The summed E-state index contributed by atoms with van der Waals surface area (Å²) in [5, 5.41) is 2.59. The quantitative estimate of drug-likeness (QED) is 0.730. The Morgan fingerprint density at radius 3 is 2.43 bits per heavy atom. The summed E-state index contributed by atoms with van der Waals surface area (Å²) in [4.78, 5) is 14.3. The first-order chi connectivity index (χ1) is 13.3. The minimum absolute atomic E-state index is 0.0135. The fourth-order valence-corrected chi connectivity index (χ4v) is 3.65. The van der Waals surface area contributed by atoms with Crippen LogP contribution in [0.3, 0.4) is 0 Å². The Morgan fingerprint density at radius 2 is 1.79 bits per heavy atom. The van der Waals surface area contributed by atoms with Crippen molar-refractivity contribution >= 4 is 23.2 Å². The highest BCUT2D eigenvalue weighted by molar-refractivity contribution is 6.33. The number of rotatable bonds is 5. The lowest BCUT2D eigenvalue weighted by Crippen LogP contribution is -2.39. The van der Waals surface area contributed by atoms with Gasteiger partial charge in [-0.3, -0.25) is 9.69 Å². The molecule has 1 N–H and O–H groups in total. The molecule has 2 aromatic carbocycles. The smallest absolute Gasteiger partial charge is 0.324 e. The number of hydrogen-bond acceptors (Lipinski definition) is 2. The van der Waals surface area contributed by atoms with Crippen LogP contribution in [0.25, 0.3) is 0 Å². The molecule has 3 rings (SSSR count). The molecule has 1 saturated heterocycles. The number of anilines is 1. The van der Waals surface area contributed by atoms with Gasteiger partial charge in [0.1, 0.15) is 0 Å². The Labute approximate surface area is 167 Å². The van der Waals surface area contributed by atoms with Gasteiger partial charge in [-0.25, -0.2) is 0 Å². The first-order valence-electron chi connectivity index (χ1n) is 9.24. The monoisotopic (exact) mass is 410 g/mol. The van der Waals surface area contributed by atoms with E-state index in [2.05, 4.69) is 17.4 Å². The van der Waals surface area contributed by atoms with Gasteiger partial charge in [0.2, 0.25) is 5.91 Å². The zero-order valence-corrected chi connectivity index (χ0v) is 16.1.